The lowest BCUT2D eigenvalue weighted by molar-refractivity contribution is 0.560. The molecule has 3 heteroatoms. The highest BCUT2D eigenvalue weighted by Crippen LogP contribution is 2.17. The third kappa shape index (κ3) is 2.85. The van der Waals surface area contributed by atoms with E-state index in [2.05, 4.69) is 11.8 Å². The van der Waals surface area contributed by atoms with Gasteiger partial charge in [0, 0.05) is 22.6 Å². The van der Waals surface area contributed by atoms with E-state index in [4.69, 9.17) is 4.42 Å². The normalized spacial score (nSPS) is 10.2. The van der Waals surface area contributed by atoms with Crippen LogP contribution >= 0.6 is 0 Å². The molecule has 1 aromatic heterocycles. The Hall–Kier alpha value is -2.86. The van der Waals surface area contributed by atoms with Gasteiger partial charge in [0.1, 0.15) is 11.4 Å². The summed E-state index contributed by atoms with van der Waals surface area (Å²) >= 11 is 0. The van der Waals surface area contributed by atoms with Gasteiger partial charge in [-0.1, -0.05) is 11.8 Å². The molecule has 0 bridgehead atoms. The van der Waals surface area contributed by atoms with Gasteiger partial charge in [-0.05, 0) is 55.0 Å². The summed E-state index contributed by atoms with van der Waals surface area (Å²) in [6.07, 6.45) is 0. The Labute approximate surface area is 120 Å². The van der Waals surface area contributed by atoms with Gasteiger partial charge < -0.3 is 4.42 Å². The number of benzene rings is 2. The minimum atomic E-state index is -0.372. The van der Waals surface area contributed by atoms with Crippen LogP contribution in [0.3, 0.4) is 0 Å². The number of fused-ring (bicyclic) bond motifs is 1. The summed E-state index contributed by atoms with van der Waals surface area (Å²) < 4.78 is 18.0. The molecule has 2 aromatic carbocycles. The third-order valence-electron chi connectivity index (χ3n) is 3.15. The fraction of sp³-hybridized carbons (Fsp3) is 0.0556. The summed E-state index contributed by atoms with van der Waals surface area (Å²) in [6, 6.07) is 12.9. The first kappa shape index (κ1) is 13.1. The maximum absolute atomic E-state index is 12.8. The second-order valence-electron chi connectivity index (χ2n) is 4.72. The molecule has 0 aliphatic rings. The summed E-state index contributed by atoms with van der Waals surface area (Å²) in [6.45, 7) is 1.86. The van der Waals surface area contributed by atoms with Crippen LogP contribution in [-0.4, -0.2) is 0 Å². The van der Waals surface area contributed by atoms with Crippen molar-refractivity contribution >= 4 is 11.0 Å². The molecule has 102 valence electrons. The van der Waals surface area contributed by atoms with Gasteiger partial charge in [-0.3, -0.25) is 0 Å². The van der Waals surface area contributed by atoms with E-state index >= 15 is 0 Å². The van der Waals surface area contributed by atoms with E-state index in [9.17, 15) is 9.18 Å². The number of rotatable bonds is 0. The zero-order valence-corrected chi connectivity index (χ0v) is 11.3. The maximum Gasteiger partial charge on any atom is 0.336 e. The van der Waals surface area contributed by atoms with Gasteiger partial charge in [-0.25, -0.2) is 9.18 Å². The van der Waals surface area contributed by atoms with Crippen molar-refractivity contribution in [3.05, 3.63) is 81.5 Å². The van der Waals surface area contributed by atoms with Crippen molar-refractivity contribution < 1.29 is 8.81 Å². The Balaban J connectivity index is 2.02. The topological polar surface area (TPSA) is 30.2 Å². The Bertz CT molecular complexity index is 925. The smallest absolute Gasteiger partial charge is 0.336 e. The fourth-order valence-corrected chi connectivity index (χ4v) is 2.08. The van der Waals surface area contributed by atoms with Gasteiger partial charge in [0.05, 0.1) is 0 Å². The lowest BCUT2D eigenvalue weighted by Gasteiger charge is -2.00. The van der Waals surface area contributed by atoms with E-state index < -0.39 is 0 Å². The predicted molar refractivity (Wildman–Crippen MR) is 79.6 cm³/mol. The lowest BCUT2D eigenvalue weighted by Crippen LogP contribution is -1.97. The van der Waals surface area contributed by atoms with Crippen LogP contribution in [0.25, 0.3) is 11.0 Å². The highest BCUT2D eigenvalue weighted by atomic mass is 19.1. The Kier molecular flexibility index (Phi) is 3.29. The van der Waals surface area contributed by atoms with E-state index in [1.807, 2.05) is 19.1 Å². The van der Waals surface area contributed by atoms with Gasteiger partial charge in [-0.2, -0.15) is 0 Å². The molecule has 3 rings (SSSR count). The van der Waals surface area contributed by atoms with Crippen molar-refractivity contribution in [2.45, 2.75) is 6.92 Å². The predicted octanol–water partition coefficient (Wildman–Crippen LogP) is 3.64. The summed E-state index contributed by atoms with van der Waals surface area (Å²) in [5.74, 6) is 5.63. The Morgan fingerprint density at radius 2 is 1.62 bits per heavy atom. The molecule has 1 heterocycles. The van der Waals surface area contributed by atoms with Gasteiger partial charge in [-0.15, -0.1) is 0 Å². The molecule has 0 fully saturated rings. The number of aryl methyl sites for hydroxylation is 1. The van der Waals surface area contributed by atoms with E-state index in [1.54, 1.807) is 18.2 Å². The van der Waals surface area contributed by atoms with Crippen LogP contribution in [0.2, 0.25) is 0 Å². The largest absolute Gasteiger partial charge is 0.423 e. The Morgan fingerprint density at radius 3 is 2.38 bits per heavy atom. The molecule has 3 aromatic rings. The molecule has 0 amide bonds. The quantitative estimate of drug-likeness (QED) is 0.464. The monoisotopic (exact) mass is 278 g/mol. The van der Waals surface area contributed by atoms with Gasteiger partial charge >= 0.3 is 5.63 Å². The van der Waals surface area contributed by atoms with Gasteiger partial charge in [0.2, 0.25) is 0 Å². The third-order valence-corrected chi connectivity index (χ3v) is 3.15. The zero-order valence-electron chi connectivity index (χ0n) is 11.3. The fourth-order valence-electron chi connectivity index (χ4n) is 2.08. The highest BCUT2D eigenvalue weighted by Gasteiger charge is 2.02. The summed E-state index contributed by atoms with van der Waals surface area (Å²) in [7, 11) is 0. The first-order chi connectivity index (χ1) is 10.1. The number of hydrogen-bond donors (Lipinski definition) is 0. The molecule has 21 heavy (non-hydrogen) atoms. The molecule has 0 aliphatic heterocycles. The average molecular weight is 278 g/mol. The number of halogens is 1. The molecule has 0 radical (unpaired) electrons. The van der Waals surface area contributed by atoms with Gasteiger partial charge in [0.15, 0.2) is 0 Å². The maximum atomic E-state index is 12.8. The van der Waals surface area contributed by atoms with E-state index in [0.717, 1.165) is 22.1 Å². The molecule has 0 N–H and O–H groups in total. The summed E-state index contributed by atoms with van der Waals surface area (Å²) in [5.41, 5.74) is 2.48. The highest BCUT2D eigenvalue weighted by molar-refractivity contribution is 5.81. The molecule has 0 atom stereocenters. The lowest BCUT2D eigenvalue weighted by atomic mass is 10.1. The van der Waals surface area contributed by atoms with Crippen LogP contribution < -0.4 is 5.63 Å². The first-order valence-corrected chi connectivity index (χ1v) is 6.44. The van der Waals surface area contributed by atoms with Crippen LogP contribution in [-0.2, 0) is 0 Å². The van der Waals surface area contributed by atoms with Crippen LogP contribution in [0, 0.1) is 24.6 Å². The molecule has 0 unspecified atom stereocenters. The standard InChI is InChI=1S/C18H11FO2/c1-12-10-18(20)21-17-11-14(6-9-16(12)17)3-2-13-4-7-15(19)8-5-13/h4-11H,1H3. The minimum Gasteiger partial charge on any atom is -0.423 e. The van der Waals surface area contributed by atoms with Crippen molar-refractivity contribution in [2.24, 2.45) is 0 Å². The van der Waals surface area contributed by atoms with Crippen LogP contribution in [0.15, 0.2) is 57.7 Å². The second kappa shape index (κ2) is 5.26. The number of hydrogen-bond acceptors (Lipinski definition) is 2. The molecule has 0 aliphatic carbocycles. The van der Waals surface area contributed by atoms with Crippen molar-refractivity contribution in [1.29, 1.82) is 0 Å². The first-order valence-electron chi connectivity index (χ1n) is 6.44. The molecule has 0 saturated carbocycles. The zero-order chi connectivity index (χ0) is 14.8. The van der Waals surface area contributed by atoms with Gasteiger partial charge in [0.25, 0.3) is 0 Å². The SMILES string of the molecule is Cc1cc(=O)oc2cc(C#Cc3ccc(F)cc3)ccc12. The second-order valence-corrected chi connectivity index (χ2v) is 4.72. The summed E-state index contributed by atoms with van der Waals surface area (Å²) in [5, 5.41) is 0.891. The van der Waals surface area contributed by atoms with Crippen LogP contribution in [0.5, 0.6) is 0 Å². The van der Waals surface area contributed by atoms with Crippen LogP contribution in [0.1, 0.15) is 16.7 Å². The van der Waals surface area contributed by atoms with Crippen molar-refractivity contribution in [3.8, 4) is 11.8 Å². The van der Waals surface area contributed by atoms with Crippen LogP contribution in [0.4, 0.5) is 4.39 Å². The molecular formula is C18H11FO2. The minimum absolute atomic E-state index is 0.288. The molecular weight excluding hydrogens is 267 g/mol. The van der Waals surface area contributed by atoms with Crippen molar-refractivity contribution in [1.82, 2.24) is 0 Å². The average Bonchev–Trinajstić information content (AvgIpc) is 2.46. The molecule has 0 spiro atoms. The Morgan fingerprint density at radius 1 is 0.952 bits per heavy atom. The van der Waals surface area contributed by atoms with E-state index in [1.165, 1.54) is 18.2 Å². The molecule has 0 saturated heterocycles. The van der Waals surface area contributed by atoms with Crippen molar-refractivity contribution in [3.63, 3.8) is 0 Å². The molecule has 2 nitrogen and oxygen atoms in total. The van der Waals surface area contributed by atoms with E-state index in [-0.39, 0.29) is 11.4 Å². The van der Waals surface area contributed by atoms with Crippen molar-refractivity contribution in [2.75, 3.05) is 0 Å². The van der Waals surface area contributed by atoms with E-state index in [0.29, 0.717) is 5.58 Å². The summed E-state index contributed by atoms with van der Waals surface area (Å²) in [4.78, 5) is 11.4.